The van der Waals surface area contributed by atoms with Crippen LogP contribution in [0.1, 0.15) is 30.5 Å². The van der Waals surface area contributed by atoms with Crippen LogP contribution in [0.2, 0.25) is 0 Å². The number of ether oxygens (including phenoxy) is 1. The Balaban J connectivity index is 1.18. The third-order valence-corrected chi connectivity index (χ3v) is 7.11. The van der Waals surface area contributed by atoms with Crippen LogP contribution in [-0.2, 0) is 11.2 Å². The molecule has 5 rings (SSSR count). The summed E-state index contributed by atoms with van der Waals surface area (Å²) in [6.07, 6.45) is -0.0659. The van der Waals surface area contributed by atoms with Crippen LogP contribution in [0.25, 0.3) is 0 Å². The van der Waals surface area contributed by atoms with E-state index in [1.165, 1.54) is 11.3 Å². The average molecular weight is 476 g/mol. The summed E-state index contributed by atoms with van der Waals surface area (Å²) in [5.74, 6) is 0.404. The van der Waals surface area contributed by atoms with Gasteiger partial charge in [-0.25, -0.2) is 0 Å². The Kier molecular flexibility index (Phi) is 6.06. The van der Waals surface area contributed by atoms with Gasteiger partial charge in [0.05, 0.1) is 4.88 Å². The maximum atomic E-state index is 13.1. The molecular formula is C26H25N3O4S. The summed E-state index contributed by atoms with van der Waals surface area (Å²) in [5.41, 5.74) is 2.07. The predicted octanol–water partition coefficient (Wildman–Crippen LogP) is 3.60. The van der Waals surface area contributed by atoms with E-state index >= 15 is 0 Å². The maximum Gasteiger partial charge on any atom is 0.265 e. The van der Waals surface area contributed by atoms with Gasteiger partial charge in [0.1, 0.15) is 5.75 Å². The second-order valence-electron chi connectivity index (χ2n) is 8.48. The van der Waals surface area contributed by atoms with E-state index in [1.807, 2.05) is 43.3 Å². The number of carbonyl (C=O) groups excluding carboxylic acids is 3. The minimum atomic E-state index is -0.588. The topological polar surface area (TPSA) is 79.0 Å². The Morgan fingerprint density at radius 3 is 2.35 bits per heavy atom. The summed E-state index contributed by atoms with van der Waals surface area (Å²) in [5, 5.41) is 2.87. The number of nitrogens with zero attached hydrogens (tertiary/aromatic N) is 2. The fourth-order valence-electron chi connectivity index (χ4n) is 4.28. The highest BCUT2D eigenvalue weighted by atomic mass is 32.1. The standard InChI is InChI=1S/C26H25N3O4S/c1-17-9-10-23(34-17)26(32)29-13-11-28(12-14-29)25(31)19-6-4-7-20(15-19)27-24(30)22-16-18-5-2-3-8-21(18)33-22/h2-10,15,22H,11-14,16H2,1H3,(H,27,30). The SMILES string of the molecule is Cc1ccc(C(=O)N2CCN(C(=O)c3cccc(NC(=O)C4Cc5ccccc5O4)c3)CC2)s1. The number of para-hydroxylation sites is 1. The molecule has 2 aromatic carbocycles. The Morgan fingerprint density at radius 2 is 1.65 bits per heavy atom. The lowest BCUT2D eigenvalue weighted by Crippen LogP contribution is -2.50. The van der Waals surface area contributed by atoms with Crippen LogP contribution < -0.4 is 10.1 Å². The fourth-order valence-corrected chi connectivity index (χ4v) is 5.12. The van der Waals surface area contributed by atoms with Crippen molar-refractivity contribution in [3.63, 3.8) is 0 Å². The van der Waals surface area contributed by atoms with Crippen LogP contribution in [0, 0.1) is 6.92 Å². The van der Waals surface area contributed by atoms with Crippen molar-refractivity contribution in [2.45, 2.75) is 19.4 Å². The number of anilines is 1. The molecule has 1 aromatic heterocycles. The number of rotatable bonds is 4. The number of amides is 3. The van der Waals surface area contributed by atoms with Crippen LogP contribution in [-0.4, -0.2) is 59.8 Å². The number of aryl methyl sites for hydroxylation is 1. The average Bonchev–Trinajstić information content (AvgIpc) is 3.50. The lowest BCUT2D eigenvalue weighted by atomic mass is 10.1. The highest BCUT2D eigenvalue weighted by molar-refractivity contribution is 7.13. The molecule has 0 aliphatic carbocycles. The summed E-state index contributed by atoms with van der Waals surface area (Å²) in [4.78, 5) is 43.9. The second-order valence-corrected chi connectivity index (χ2v) is 9.77. The first-order valence-electron chi connectivity index (χ1n) is 11.3. The van der Waals surface area contributed by atoms with E-state index in [9.17, 15) is 14.4 Å². The van der Waals surface area contributed by atoms with Gasteiger partial charge < -0.3 is 19.9 Å². The molecule has 1 fully saturated rings. The van der Waals surface area contributed by atoms with Gasteiger partial charge >= 0.3 is 0 Å². The maximum absolute atomic E-state index is 13.1. The molecule has 0 saturated carbocycles. The summed E-state index contributed by atoms with van der Waals surface area (Å²) >= 11 is 1.49. The largest absolute Gasteiger partial charge is 0.480 e. The Bertz CT molecular complexity index is 1220. The number of thiophene rings is 1. The zero-order chi connectivity index (χ0) is 23.7. The van der Waals surface area contributed by atoms with Crippen molar-refractivity contribution in [2.24, 2.45) is 0 Å². The Morgan fingerprint density at radius 1 is 0.912 bits per heavy atom. The van der Waals surface area contributed by atoms with E-state index in [4.69, 9.17) is 4.74 Å². The van der Waals surface area contributed by atoms with Gasteiger partial charge in [0, 0.05) is 48.7 Å². The first-order valence-corrected chi connectivity index (χ1v) is 12.1. The normalized spacial score (nSPS) is 17.1. The zero-order valence-electron chi connectivity index (χ0n) is 18.8. The van der Waals surface area contributed by atoms with Crippen LogP contribution in [0.5, 0.6) is 5.75 Å². The number of hydrogen-bond donors (Lipinski definition) is 1. The van der Waals surface area contributed by atoms with Crippen molar-refractivity contribution in [3.8, 4) is 5.75 Å². The van der Waals surface area contributed by atoms with Gasteiger partial charge in [0.25, 0.3) is 17.7 Å². The molecule has 1 saturated heterocycles. The van der Waals surface area contributed by atoms with Crippen LogP contribution >= 0.6 is 11.3 Å². The number of nitrogens with one attached hydrogen (secondary N) is 1. The van der Waals surface area contributed by atoms with Crippen molar-refractivity contribution < 1.29 is 19.1 Å². The lowest BCUT2D eigenvalue weighted by molar-refractivity contribution is -0.122. The first-order chi connectivity index (χ1) is 16.5. The van der Waals surface area contributed by atoms with Crippen molar-refractivity contribution in [2.75, 3.05) is 31.5 Å². The van der Waals surface area contributed by atoms with Crippen molar-refractivity contribution >= 4 is 34.7 Å². The van der Waals surface area contributed by atoms with Gasteiger partial charge in [-0.3, -0.25) is 14.4 Å². The molecule has 2 aliphatic rings. The van der Waals surface area contributed by atoms with Crippen molar-refractivity contribution in [1.82, 2.24) is 9.80 Å². The molecule has 0 radical (unpaired) electrons. The number of piperazine rings is 1. The molecule has 0 bridgehead atoms. The molecule has 3 aromatic rings. The van der Waals surface area contributed by atoms with Crippen LogP contribution in [0.4, 0.5) is 5.69 Å². The van der Waals surface area contributed by atoms with E-state index in [1.54, 1.807) is 34.1 Å². The van der Waals surface area contributed by atoms with Crippen molar-refractivity contribution in [3.05, 3.63) is 81.5 Å². The highest BCUT2D eigenvalue weighted by Gasteiger charge is 2.29. The first kappa shape index (κ1) is 22.2. The molecule has 0 spiro atoms. The summed E-state index contributed by atoms with van der Waals surface area (Å²) in [6.45, 7) is 3.92. The Hall–Kier alpha value is -3.65. The molecule has 1 atom stereocenters. The van der Waals surface area contributed by atoms with E-state index in [-0.39, 0.29) is 17.7 Å². The molecule has 8 heteroatoms. The van der Waals surface area contributed by atoms with Crippen molar-refractivity contribution in [1.29, 1.82) is 0 Å². The minimum Gasteiger partial charge on any atom is -0.480 e. The second kappa shape index (κ2) is 9.30. The number of hydrogen-bond acceptors (Lipinski definition) is 5. The van der Waals surface area contributed by atoms with Crippen LogP contribution in [0.15, 0.2) is 60.7 Å². The third-order valence-electron chi connectivity index (χ3n) is 6.12. The van der Waals surface area contributed by atoms with E-state index in [0.29, 0.717) is 43.9 Å². The molecule has 7 nitrogen and oxygen atoms in total. The van der Waals surface area contributed by atoms with Gasteiger partial charge in [0.15, 0.2) is 6.10 Å². The third kappa shape index (κ3) is 4.54. The summed E-state index contributed by atoms with van der Waals surface area (Å²) in [7, 11) is 0. The van der Waals surface area contributed by atoms with Crippen LogP contribution in [0.3, 0.4) is 0 Å². The summed E-state index contributed by atoms with van der Waals surface area (Å²) < 4.78 is 5.76. The monoisotopic (exact) mass is 475 g/mol. The molecule has 2 aliphatic heterocycles. The highest BCUT2D eigenvalue weighted by Crippen LogP contribution is 2.29. The molecular weight excluding hydrogens is 450 g/mol. The smallest absolute Gasteiger partial charge is 0.265 e. The molecule has 3 heterocycles. The zero-order valence-corrected chi connectivity index (χ0v) is 19.6. The summed E-state index contributed by atoms with van der Waals surface area (Å²) in [6, 6.07) is 18.4. The van der Waals surface area contributed by atoms with E-state index in [2.05, 4.69) is 5.32 Å². The number of fused-ring (bicyclic) bond motifs is 1. The van der Waals surface area contributed by atoms with Gasteiger partial charge in [-0.2, -0.15) is 0 Å². The quantitative estimate of drug-likeness (QED) is 0.626. The molecule has 1 N–H and O–H groups in total. The number of carbonyl (C=O) groups is 3. The van der Waals surface area contributed by atoms with E-state index < -0.39 is 6.10 Å². The Labute approximate surface area is 201 Å². The molecule has 174 valence electrons. The molecule has 3 amide bonds. The van der Waals surface area contributed by atoms with Gasteiger partial charge in [-0.05, 0) is 48.9 Å². The predicted molar refractivity (Wildman–Crippen MR) is 130 cm³/mol. The van der Waals surface area contributed by atoms with Gasteiger partial charge in [-0.15, -0.1) is 11.3 Å². The fraction of sp³-hybridized carbons (Fsp3) is 0.269. The van der Waals surface area contributed by atoms with Gasteiger partial charge in [0.2, 0.25) is 0 Å². The number of benzene rings is 2. The molecule has 34 heavy (non-hydrogen) atoms. The minimum absolute atomic E-state index is 0.0196. The van der Waals surface area contributed by atoms with E-state index in [0.717, 1.165) is 21.1 Å². The van der Waals surface area contributed by atoms with Gasteiger partial charge in [-0.1, -0.05) is 24.3 Å². The lowest BCUT2D eigenvalue weighted by Gasteiger charge is -2.34. The molecule has 1 unspecified atom stereocenters.